The zero-order chi connectivity index (χ0) is 21.3. The summed E-state index contributed by atoms with van der Waals surface area (Å²) in [6.07, 6.45) is 3.04. The van der Waals surface area contributed by atoms with Gasteiger partial charge in [0.1, 0.15) is 23.9 Å². The van der Waals surface area contributed by atoms with E-state index in [4.69, 9.17) is 9.47 Å². The van der Waals surface area contributed by atoms with E-state index in [1.54, 1.807) is 31.4 Å². The Morgan fingerprint density at radius 2 is 1.87 bits per heavy atom. The maximum Gasteiger partial charge on any atom is 0.229 e. The third-order valence-electron chi connectivity index (χ3n) is 4.72. The van der Waals surface area contributed by atoms with Crippen LogP contribution in [0.15, 0.2) is 60.7 Å². The third kappa shape index (κ3) is 4.31. The molecule has 0 amide bonds. The molecule has 0 aromatic heterocycles. The molecule has 0 aliphatic carbocycles. The second-order valence-corrected chi connectivity index (χ2v) is 8.76. The lowest BCUT2D eigenvalue weighted by Gasteiger charge is -2.12. The zero-order valence-corrected chi connectivity index (χ0v) is 17.3. The van der Waals surface area contributed by atoms with Crippen molar-refractivity contribution in [1.82, 2.24) is 0 Å². The van der Waals surface area contributed by atoms with Gasteiger partial charge in [-0.05, 0) is 59.2 Å². The molecular weight excluding hydrogens is 405 g/mol. The Bertz CT molecular complexity index is 1250. The van der Waals surface area contributed by atoms with E-state index in [9.17, 15) is 12.8 Å². The van der Waals surface area contributed by atoms with Gasteiger partial charge < -0.3 is 9.47 Å². The van der Waals surface area contributed by atoms with Crippen molar-refractivity contribution in [2.24, 2.45) is 0 Å². The first kappa shape index (κ1) is 20.0. The number of rotatable bonds is 4. The average molecular weight is 425 g/mol. The minimum atomic E-state index is -3.39. The van der Waals surface area contributed by atoms with Gasteiger partial charge in [0.15, 0.2) is 0 Å². The predicted octanol–water partition coefficient (Wildman–Crippen LogP) is 4.69. The Morgan fingerprint density at radius 3 is 2.63 bits per heavy atom. The molecule has 7 heteroatoms. The summed E-state index contributed by atoms with van der Waals surface area (Å²) >= 11 is 0. The van der Waals surface area contributed by atoms with Crippen molar-refractivity contribution in [3.63, 3.8) is 0 Å². The summed E-state index contributed by atoms with van der Waals surface area (Å²) in [7, 11) is -1.79. The first-order chi connectivity index (χ1) is 14.3. The highest BCUT2D eigenvalue weighted by Crippen LogP contribution is 2.39. The van der Waals surface area contributed by atoms with Gasteiger partial charge in [0.25, 0.3) is 0 Å². The molecule has 0 unspecified atom stereocenters. The van der Waals surface area contributed by atoms with Gasteiger partial charge in [-0.1, -0.05) is 18.2 Å². The molecule has 3 aromatic carbocycles. The van der Waals surface area contributed by atoms with E-state index in [1.807, 2.05) is 30.3 Å². The van der Waals surface area contributed by atoms with Crippen LogP contribution in [-0.2, 0) is 16.6 Å². The summed E-state index contributed by atoms with van der Waals surface area (Å²) < 4.78 is 50.7. The van der Waals surface area contributed by atoms with Crippen LogP contribution in [0.4, 0.5) is 10.1 Å². The van der Waals surface area contributed by atoms with E-state index in [-0.39, 0.29) is 12.4 Å². The van der Waals surface area contributed by atoms with Crippen LogP contribution in [0, 0.1) is 5.82 Å². The fourth-order valence-corrected chi connectivity index (χ4v) is 4.00. The first-order valence-electron chi connectivity index (χ1n) is 9.22. The highest BCUT2D eigenvalue weighted by atomic mass is 32.2. The highest BCUT2D eigenvalue weighted by Gasteiger charge is 2.20. The van der Waals surface area contributed by atoms with Crippen LogP contribution in [0.25, 0.3) is 11.6 Å². The SMILES string of the molecule is COc1ccc2c(c1)COc1cc(F)ccc1C2=Cc1cccc(NS(C)(=O)=O)c1. The summed E-state index contributed by atoms with van der Waals surface area (Å²) in [5.41, 5.74) is 4.69. The minimum absolute atomic E-state index is 0.274. The van der Waals surface area contributed by atoms with Crippen LogP contribution in [0.3, 0.4) is 0 Å². The summed E-state index contributed by atoms with van der Waals surface area (Å²) in [6, 6.07) is 17.2. The molecule has 1 aliphatic rings. The van der Waals surface area contributed by atoms with Gasteiger partial charge in [-0.3, -0.25) is 4.72 Å². The van der Waals surface area contributed by atoms with Crippen LogP contribution < -0.4 is 14.2 Å². The van der Waals surface area contributed by atoms with Gasteiger partial charge in [0, 0.05) is 22.9 Å². The fraction of sp³-hybridized carbons (Fsp3) is 0.130. The number of halogens is 1. The van der Waals surface area contributed by atoms with Gasteiger partial charge >= 0.3 is 0 Å². The maximum atomic E-state index is 13.9. The molecule has 0 bridgehead atoms. The molecule has 1 N–H and O–H groups in total. The quantitative estimate of drug-likeness (QED) is 0.659. The molecule has 0 radical (unpaired) electrons. The van der Waals surface area contributed by atoms with Gasteiger partial charge in [-0.2, -0.15) is 0 Å². The van der Waals surface area contributed by atoms with Crippen molar-refractivity contribution >= 4 is 27.4 Å². The topological polar surface area (TPSA) is 64.6 Å². The Morgan fingerprint density at radius 1 is 1.07 bits per heavy atom. The standard InChI is InChI=1S/C23H20FNO4S/c1-28-19-7-9-20-16(12-19)14-29-23-13-17(24)6-8-21(23)22(20)11-15-4-3-5-18(10-15)25-30(2,26)27/h3-13,25H,14H2,1-2H3. The van der Waals surface area contributed by atoms with Crippen molar-refractivity contribution in [1.29, 1.82) is 0 Å². The monoisotopic (exact) mass is 425 g/mol. The molecule has 4 rings (SSSR count). The molecule has 0 spiro atoms. The molecule has 0 fully saturated rings. The van der Waals surface area contributed by atoms with Crippen LogP contribution in [-0.4, -0.2) is 21.8 Å². The minimum Gasteiger partial charge on any atom is -0.497 e. The van der Waals surface area contributed by atoms with Gasteiger partial charge in [-0.25, -0.2) is 12.8 Å². The van der Waals surface area contributed by atoms with Gasteiger partial charge in [-0.15, -0.1) is 0 Å². The van der Waals surface area contributed by atoms with Crippen LogP contribution in [0.5, 0.6) is 11.5 Å². The van der Waals surface area contributed by atoms with Crippen molar-refractivity contribution in [3.05, 3.63) is 88.7 Å². The number of anilines is 1. The van der Waals surface area contributed by atoms with E-state index in [1.165, 1.54) is 12.1 Å². The first-order valence-corrected chi connectivity index (χ1v) is 11.1. The molecule has 0 saturated carbocycles. The molecule has 0 atom stereocenters. The van der Waals surface area contributed by atoms with Crippen LogP contribution >= 0.6 is 0 Å². The van der Waals surface area contributed by atoms with E-state index in [0.717, 1.165) is 34.1 Å². The van der Waals surface area contributed by atoms with E-state index in [2.05, 4.69) is 4.72 Å². The Labute approximate surface area is 174 Å². The molecule has 1 heterocycles. The largest absolute Gasteiger partial charge is 0.497 e. The normalized spacial score (nSPS) is 14.3. The number of benzene rings is 3. The zero-order valence-electron chi connectivity index (χ0n) is 16.5. The molecule has 30 heavy (non-hydrogen) atoms. The van der Waals surface area contributed by atoms with Crippen molar-refractivity contribution in [2.75, 3.05) is 18.1 Å². The Kier molecular flexibility index (Phi) is 5.22. The molecule has 5 nitrogen and oxygen atoms in total. The average Bonchev–Trinajstić information content (AvgIpc) is 2.83. The van der Waals surface area contributed by atoms with Crippen LogP contribution in [0.1, 0.15) is 22.3 Å². The van der Waals surface area contributed by atoms with Crippen molar-refractivity contribution in [3.8, 4) is 11.5 Å². The molecule has 154 valence electrons. The highest BCUT2D eigenvalue weighted by molar-refractivity contribution is 7.92. The second-order valence-electron chi connectivity index (χ2n) is 7.01. The van der Waals surface area contributed by atoms with Gasteiger partial charge in [0.2, 0.25) is 10.0 Å². The number of hydrogen-bond donors (Lipinski definition) is 1. The second kappa shape index (κ2) is 7.84. The number of ether oxygens (including phenoxy) is 2. The molecule has 3 aromatic rings. The number of hydrogen-bond acceptors (Lipinski definition) is 4. The van der Waals surface area contributed by atoms with Gasteiger partial charge in [0.05, 0.1) is 13.4 Å². The number of sulfonamides is 1. The summed E-state index contributed by atoms with van der Waals surface area (Å²) in [5, 5.41) is 0. The van der Waals surface area contributed by atoms with Crippen LogP contribution in [0.2, 0.25) is 0 Å². The fourth-order valence-electron chi connectivity index (χ4n) is 3.45. The predicted molar refractivity (Wildman–Crippen MR) is 116 cm³/mol. The lowest BCUT2D eigenvalue weighted by molar-refractivity contribution is 0.304. The number of methoxy groups -OCH3 is 1. The molecule has 0 saturated heterocycles. The lowest BCUT2D eigenvalue weighted by atomic mass is 9.92. The maximum absolute atomic E-state index is 13.9. The Balaban J connectivity index is 1.89. The third-order valence-corrected chi connectivity index (χ3v) is 5.33. The Hall–Kier alpha value is -3.32. The van der Waals surface area contributed by atoms with E-state index >= 15 is 0 Å². The lowest BCUT2D eigenvalue weighted by Crippen LogP contribution is -2.09. The van der Waals surface area contributed by atoms with Crippen molar-refractivity contribution < 1.29 is 22.3 Å². The smallest absolute Gasteiger partial charge is 0.229 e. The molecule has 1 aliphatic heterocycles. The molecular formula is C23H20FNO4S. The van der Waals surface area contributed by atoms with Crippen molar-refractivity contribution in [2.45, 2.75) is 6.61 Å². The van der Waals surface area contributed by atoms with E-state index in [0.29, 0.717) is 17.2 Å². The summed E-state index contributed by atoms with van der Waals surface area (Å²) in [6.45, 7) is 0.274. The summed E-state index contributed by atoms with van der Waals surface area (Å²) in [4.78, 5) is 0. The summed E-state index contributed by atoms with van der Waals surface area (Å²) in [5.74, 6) is 0.769. The number of fused-ring (bicyclic) bond motifs is 2. The van der Waals surface area contributed by atoms with E-state index < -0.39 is 10.0 Å². The number of nitrogens with one attached hydrogen (secondary N) is 1.